The Balaban J connectivity index is 2.43. The minimum absolute atomic E-state index is 0.00884. The van der Waals surface area contributed by atoms with Crippen molar-refractivity contribution >= 4 is 17.1 Å². The molecule has 20 heavy (non-hydrogen) atoms. The number of Topliss-reactive ketones (excluding diaryl/α,β-unsaturated/α-hetero) is 1. The van der Waals surface area contributed by atoms with Gasteiger partial charge in [0, 0.05) is 6.07 Å². The number of halogens is 2. The van der Waals surface area contributed by atoms with Crippen LogP contribution in [0.1, 0.15) is 21.2 Å². The van der Waals surface area contributed by atoms with E-state index in [1.165, 1.54) is 7.11 Å². The summed E-state index contributed by atoms with van der Waals surface area (Å²) in [6.07, 6.45) is 0. The minimum atomic E-state index is -1.27. The summed E-state index contributed by atoms with van der Waals surface area (Å²) in [6.45, 7) is 0. The van der Waals surface area contributed by atoms with E-state index in [4.69, 9.17) is 10.00 Å². The first-order chi connectivity index (χ1) is 9.56. The van der Waals surface area contributed by atoms with E-state index < -0.39 is 23.3 Å². The quantitative estimate of drug-likeness (QED) is 0.810. The fourth-order valence-corrected chi connectivity index (χ4v) is 2.62. The van der Waals surface area contributed by atoms with Crippen molar-refractivity contribution < 1.29 is 18.3 Å². The number of carbonyl (C=O) groups is 1. The zero-order chi connectivity index (χ0) is 14.7. The smallest absolute Gasteiger partial charge is 0.198 e. The number of methoxy groups -OCH3 is 1. The van der Waals surface area contributed by atoms with E-state index >= 15 is 0 Å². The summed E-state index contributed by atoms with van der Waals surface area (Å²) in [5, 5.41) is 10.8. The number of ketones is 1. The van der Waals surface area contributed by atoms with Crippen molar-refractivity contribution in [1.29, 1.82) is 5.26 Å². The summed E-state index contributed by atoms with van der Waals surface area (Å²) < 4.78 is 31.4. The highest BCUT2D eigenvalue weighted by Crippen LogP contribution is 2.31. The molecule has 1 unspecified atom stereocenters. The van der Waals surface area contributed by atoms with Crippen molar-refractivity contribution in [2.75, 3.05) is 7.11 Å². The lowest BCUT2D eigenvalue weighted by molar-refractivity contribution is 0.0980. The van der Waals surface area contributed by atoms with Crippen molar-refractivity contribution in [1.82, 2.24) is 0 Å². The molecule has 2 aromatic rings. The van der Waals surface area contributed by atoms with Gasteiger partial charge in [-0.3, -0.25) is 4.79 Å². The number of benzene rings is 1. The lowest BCUT2D eigenvalue weighted by atomic mass is 9.95. The van der Waals surface area contributed by atoms with Gasteiger partial charge in [-0.2, -0.15) is 5.26 Å². The molecule has 2 rings (SSSR count). The first kappa shape index (κ1) is 14.2. The monoisotopic (exact) mass is 293 g/mol. The number of nitrogens with zero attached hydrogens (tertiary/aromatic N) is 1. The number of rotatable bonds is 4. The van der Waals surface area contributed by atoms with Crippen molar-refractivity contribution in [3.63, 3.8) is 0 Å². The summed E-state index contributed by atoms with van der Waals surface area (Å²) in [7, 11) is 1.40. The SMILES string of the molecule is COc1ccsc1C(=O)C(C#N)c1cc(F)cc(F)c1. The highest BCUT2D eigenvalue weighted by atomic mass is 32.1. The molecule has 0 bridgehead atoms. The minimum Gasteiger partial charge on any atom is -0.495 e. The molecule has 0 saturated carbocycles. The largest absolute Gasteiger partial charge is 0.495 e. The van der Waals surface area contributed by atoms with Crippen LogP contribution in [0.2, 0.25) is 0 Å². The Morgan fingerprint density at radius 1 is 1.35 bits per heavy atom. The Kier molecular flexibility index (Phi) is 4.11. The Morgan fingerprint density at radius 3 is 2.55 bits per heavy atom. The van der Waals surface area contributed by atoms with Crippen molar-refractivity contribution in [2.45, 2.75) is 5.92 Å². The van der Waals surface area contributed by atoms with E-state index in [1.807, 2.05) is 0 Å². The molecule has 0 N–H and O–H groups in total. The van der Waals surface area contributed by atoms with Gasteiger partial charge in [-0.25, -0.2) is 8.78 Å². The lowest BCUT2D eigenvalue weighted by Gasteiger charge is -2.09. The molecule has 0 spiro atoms. The van der Waals surface area contributed by atoms with Crippen LogP contribution < -0.4 is 4.74 Å². The van der Waals surface area contributed by atoms with E-state index in [1.54, 1.807) is 17.5 Å². The summed E-state index contributed by atoms with van der Waals surface area (Å²) in [4.78, 5) is 12.6. The van der Waals surface area contributed by atoms with Crippen LogP contribution in [0.5, 0.6) is 5.75 Å². The lowest BCUT2D eigenvalue weighted by Crippen LogP contribution is -2.11. The maximum absolute atomic E-state index is 13.2. The molecule has 1 aromatic carbocycles. The molecule has 0 radical (unpaired) electrons. The molecule has 0 aliphatic heterocycles. The van der Waals surface area contributed by atoms with Crippen LogP contribution in [-0.2, 0) is 0 Å². The highest BCUT2D eigenvalue weighted by molar-refractivity contribution is 7.12. The average Bonchev–Trinajstić information content (AvgIpc) is 2.86. The third kappa shape index (κ3) is 2.68. The van der Waals surface area contributed by atoms with E-state index in [2.05, 4.69) is 0 Å². The fraction of sp³-hybridized carbons (Fsp3) is 0.143. The molecule has 6 heteroatoms. The number of carbonyl (C=O) groups excluding carboxylic acids is 1. The second kappa shape index (κ2) is 5.80. The normalized spacial score (nSPS) is 11.7. The third-order valence-electron chi connectivity index (χ3n) is 2.68. The molecule has 0 fully saturated rings. The highest BCUT2D eigenvalue weighted by Gasteiger charge is 2.26. The Morgan fingerprint density at radius 2 is 2.00 bits per heavy atom. The summed E-state index contributed by atoms with van der Waals surface area (Å²) >= 11 is 1.12. The van der Waals surface area contributed by atoms with Crippen molar-refractivity contribution in [3.8, 4) is 11.8 Å². The number of ether oxygens (including phenoxy) is 1. The van der Waals surface area contributed by atoms with Gasteiger partial charge in [-0.05, 0) is 29.1 Å². The van der Waals surface area contributed by atoms with Crippen LogP contribution in [0.4, 0.5) is 8.78 Å². The van der Waals surface area contributed by atoms with Gasteiger partial charge in [0.1, 0.15) is 28.2 Å². The van der Waals surface area contributed by atoms with E-state index in [0.717, 1.165) is 23.5 Å². The van der Waals surface area contributed by atoms with Crippen LogP contribution in [0.15, 0.2) is 29.6 Å². The maximum atomic E-state index is 13.2. The zero-order valence-corrected chi connectivity index (χ0v) is 11.2. The first-order valence-corrected chi connectivity index (χ1v) is 6.46. The second-order valence-electron chi connectivity index (χ2n) is 3.95. The predicted octanol–water partition coefficient (Wildman–Crippen LogP) is 3.52. The molecule has 1 atom stereocenters. The molecule has 0 amide bonds. The molecular weight excluding hydrogens is 284 g/mol. The van der Waals surface area contributed by atoms with E-state index in [-0.39, 0.29) is 10.4 Å². The van der Waals surface area contributed by atoms with Gasteiger partial charge >= 0.3 is 0 Å². The molecule has 102 valence electrons. The van der Waals surface area contributed by atoms with E-state index in [9.17, 15) is 13.6 Å². The van der Waals surface area contributed by atoms with E-state index in [0.29, 0.717) is 11.8 Å². The van der Waals surface area contributed by atoms with Gasteiger partial charge in [-0.1, -0.05) is 0 Å². The molecule has 0 aliphatic rings. The summed E-state index contributed by atoms with van der Waals surface area (Å²) in [5.74, 6) is -3.12. The van der Waals surface area contributed by atoms with Gasteiger partial charge in [0.05, 0.1) is 13.2 Å². The molecule has 1 aromatic heterocycles. The second-order valence-corrected chi connectivity index (χ2v) is 4.86. The number of nitriles is 1. The Labute approximate surface area is 118 Å². The van der Waals surface area contributed by atoms with Crippen LogP contribution in [-0.4, -0.2) is 12.9 Å². The molecule has 0 aliphatic carbocycles. The number of hydrogen-bond donors (Lipinski definition) is 0. The van der Waals surface area contributed by atoms with Gasteiger partial charge in [0.2, 0.25) is 0 Å². The Hall–Kier alpha value is -2.26. The molecular formula is C14H9F2NO2S. The van der Waals surface area contributed by atoms with Crippen LogP contribution in [0, 0.1) is 23.0 Å². The van der Waals surface area contributed by atoms with Gasteiger partial charge in [0.15, 0.2) is 5.78 Å². The average molecular weight is 293 g/mol. The standard InChI is InChI=1S/C14H9F2NO2S/c1-19-12-2-3-20-14(12)13(18)11(7-17)8-4-9(15)6-10(16)5-8/h2-6,11H,1H3. The van der Waals surface area contributed by atoms with Crippen LogP contribution in [0.3, 0.4) is 0 Å². The first-order valence-electron chi connectivity index (χ1n) is 5.58. The summed E-state index contributed by atoms with van der Waals surface area (Å²) in [6, 6.07) is 6.03. The topological polar surface area (TPSA) is 50.1 Å². The zero-order valence-electron chi connectivity index (χ0n) is 10.4. The van der Waals surface area contributed by atoms with Gasteiger partial charge in [-0.15, -0.1) is 11.3 Å². The molecule has 1 heterocycles. The third-order valence-corrected chi connectivity index (χ3v) is 3.59. The maximum Gasteiger partial charge on any atom is 0.198 e. The van der Waals surface area contributed by atoms with Gasteiger partial charge in [0.25, 0.3) is 0 Å². The van der Waals surface area contributed by atoms with Crippen molar-refractivity contribution in [2.24, 2.45) is 0 Å². The van der Waals surface area contributed by atoms with Crippen LogP contribution in [0.25, 0.3) is 0 Å². The predicted molar refractivity (Wildman–Crippen MR) is 69.9 cm³/mol. The number of hydrogen-bond acceptors (Lipinski definition) is 4. The summed E-state index contributed by atoms with van der Waals surface area (Å²) in [5.41, 5.74) is -0.00884. The van der Waals surface area contributed by atoms with Crippen LogP contribution >= 0.6 is 11.3 Å². The molecule has 0 saturated heterocycles. The molecule has 3 nitrogen and oxygen atoms in total. The Bertz CT molecular complexity index is 670. The fourth-order valence-electron chi connectivity index (χ4n) is 1.80. The number of thiophene rings is 1. The van der Waals surface area contributed by atoms with Crippen molar-refractivity contribution in [3.05, 3.63) is 51.7 Å². The van der Waals surface area contributed by atoms with Gasteiger partial charge < -0.3 is 4.74 Å².